The molecular formula is C27H29ClN4O4S2. The van der Waals surface area contributed by atoms with Crippen LogP contribution >= 0.6 is 22.9 Å². The number of nitrogens with zero attached hydrogens (tertiary/aromatic N) is 3. The van der Waals surface area contributed by atoms with E-state index in [9.17, 15) is 13.2 Å². The first kappa shape index (κ1) is 25.8. The fourth-order valence-electron chi connectivity index (χ4n) is 5.57. The van der Waals surface area contributed by atoms with E-state index >= 15 is 0 Å². The van der Waals surface area contributed by atoms with Gasteiger partial charge in [-0.1, -0.05) is 53.2 Å². The van der Waals surface area contributed by atoms with Crippen molar-refractivity contribution in [1.82, 2.24) is 14.5 Å². The molecule has 6 rings (SSSR count). The highest BCUT2D eigenvalue weighted by Crippen LogP contribution is 2.37. The summed E-state index contributed by atoms with van der Waals surface area (Å²) in [4.78, 5) is 21.1. The molecule has 1 spiro atoms. The van der Waals surface area contributed by atoms with E-state index in [2.05, 4.69) is 51.8 Å². The normalized spacial score (nSPS) is 22.0. The van der Waals surface area contributed by atoms with E-state index in [-0.39, 0.29) is 16.2 Å². The van der Waals surface area contributed by atoms with Crippen molar-refractivity contribution in [3.63, 3.8) is 0 Å². The number of nitrogens with one attached hydrogen (secondary N) is 1. The van der Waals surface area contributed by atoms with E-state index < -0.39 is 15.6 Å². The van der Waals surface area contributed by atoms with Gasteiger partial charge in [-0.05, 0) is 41.0 Å². The van der Waals surface area contributed by atoms with E-state index in [1.54, 1.807) is 6.07 Å². The van der Waals surface area contributed by atoms with Crippen LogP contribution in [0.3, 0.4) is 0 Å². The number of fused-ring (bicyclic) bond motifs is 1. The summed E-state index contributed by atoms with van der Waals surface area (Å²) in [6, 6.07) is 18.1. The van der Waals surface area contributed by atoms with Crippen LogP contribution in [0.4, 0.5) is 0 Å². The zero-order valence-corrected chi connectivity index (χ0v) is 23.2. The highest BCUT2D eigenvalue weighted by atomic mass is 35.5. The third kappa shape index (κ3) is 5.20. The minimum absolute atomic E-state index is 0.0619. The lowest BCUT2D eigenvalue weighted by molar-refractivity contribution is -0.115. The number of carbonyl (C=O) groups excluding carboxylic acids is 1. The first-order valence-electron chi connectivity index (χ1n) is 12.8. The van der Waals surface area contributed by atoms with E-state index in [0.717, 1.165) is 37.4 Å². The molecule has 11 heteroatoms. The van der Waals surface area contributed by atoms with Gasteiger partial charge in [0.25, 0.3) is 15.9 Å². The highest BCUT2D eigenvalue weighted by molar-refractivity contribution is 7.91. The zero-order chi connectivity index (χ0) is 26.3. The quantitative estimate of drug-likeness (QED) is 0.477. The summed E-state index contributed by atoms with van der Waals surface area (Å²) in [6.07, 6.45) is 2.24. The Morgan fingerprint density at radius 1 is 1.11 bits per heavy atom. The predicted octanol–water partition coefficient (Wildman–Crippen LogP) is 4.25. The van der Waals surface area contributed by atoms with Crippen LogP contribution in [0.15, 0.2) is 64.0 Å². The van der Waals surface area contributed by atoms with Crippen molar-refractivity contribution in [2.75, 3.05) is 26.2 Å². The van der Waals surface area contributed by atoms with Gasteiger partial charge in [-0.3, -0.25) is 9.69 Å². The molecule has 8 nitrogen and oxygen atoms in total. The summed E-state index contributed by atoms with van der Waals surface area (Å²) >= 11 is 6.99. The average Bonchev–Trinajstić information content (AvgIpc) is 3.65. The van der Waals surface area contributed by atoms with E-state index in [4.69, 9.17) is 16.4 Å². The van der Waals surface area contributed by atoms with Crippen LogP contribution in [-0.4, -0.2) is 67.1 Å². The number of carbonyl (C=O) groups is 1. The third-order valence-electron chi connectivity index (χ3n) is 7.71. The molecule has 2 aromatic carbocycles. The average molecular weight is 573 g/mol. The van der Waals surface area contributed by atoms with Crippen molar-refractivity contribution in [2.24, 2.45) is 5.16 Å². The van der Waals surface area contributed by atoms with Gasteiger partial charge < -0.3 is 10.2 Å². The van der Waals surface area contributed by atoms with Crippen LogP contribution in [0.5, 0.6) is 0 Å². The zero-order valence-electron chi connectivity index (χ0n) is 20.8. The Kier molecular flexibility index (Phi) is 6.94. The molecule has 200 valence electrons. The number of oxime groups is 1. The lowest BCUT2D eigenvalue weighted by atomic mass is 9.87. The van der Waals surface area contributed by atoms with Gasteiger partial charge >= 0.3 is 0 Å². The molecule has 3 aliphatic heterocycles. The number of rotatable bonds is 6. The predicted molar refractivity (Wildman–Crippen MR) is 149 cm³/mol. The Balaban J connectivity index is 0.994. The summed E-state index contributed by atoms with van der Waals surface area (Å²) < 4.78 is 28.0. The summed E-state index contributed by atoms with van der Waals surface area (Å²) in [5.74, 6) is -0.192. The highest BCUT2D eigenvalue weighted by Gasteiger charge is 2.46. The molecule has 2 fully saturated rings. The number of hydrogen-bond donors (Lipinski definition) is 1. The number of hydrogen-bond acceptors (Lipinski definition) is 7. The number of thiophene rings is 1. The molecule has 1 atom stereocenters. The number of likely N-dealkylation sites (tertiary alicyclic amines) is 1. The lowest BCUT2D eigenvalue weighted by Gasteiger charge is -2.36. The van der Waals surface area contributed by atoms with Crippen LogP contribution in [-0.2, 0) is 26.2 Å². The number of benzene rings is 2. The standard InChI is InChI=1S/C27H29ClN4O4S2/c28-24-7-8-25(37-24)38(34,35)32-13-10-27(11-14-32)16-23(30-36-27)26(33)29-22-9-12-31(18-22)17-19-5-6-20-3-1-2-4-21(20)15-19/h1-8,15,22H,9-14,16-18H2,(H,29,33). The Morgan fingerprint density at radius 2 is 1.89 bits per heavy atom. The van der Waals surface area contributed by atoms with Crippen molar-refractivity contribution in [3.05, 3.63) is 64.5 Å². The molecular weight excluding hydrogens is 544 g/mol. The minimum Gasteiger partial charge on any atom is -0.388 e. The third-order valence-corrected chi connectivity index (χ3v) is 11.3. The summed E-state index contributed by atoms with van der Waals surface area (Å²) in [6.45, 7) is 3.19. The van der Waals surface area contributed by atoms with Crippen LogP contribution in [0.25, 0.3) is 10.8 Å². The fraction of sp³-hybridized carbons (Fsp3) is 0.407. The van der Waals surface area contributed by atoms with Crippen molar-refractivity contribution in [1.29, 1.82) is 0 Å². The topological polar surface area (TPSA) is 91.3 Å². The van der Waals surface area contributed by atoms with Gasteiger partial charge in [0.15, 0.2) is 0 Å². The molecule has 0 bridgehead atoms. The molecule has 3 aliphatic rings. The smallest absolute Gasteiger partial charge is 0.269 e. The molecule has 1 unspecified atom stereocenters. The largest absolute Gasteiger partial charge is 0.388 e. The van der Waals surface area contributed by atoms with Crippen LogP contribution in [0.1, 0.15) is 31.2 Å². The van der Waals surface area contributed by atoms with Crippen molar-refractivity contribution >= 4 is 55.4 Å². The Morgan fingerprint density at radius 3 is 2.66 bits per heavy atom. The molecule has 0 aliphatic carbocycles. The Bertz CT molecular complexity index is 1500. The summed E-state index contributed by atoms with van der Waals surface area (Å²) in [5.41, 5.74) is 1.03. The first-order valence-corrected chi connectivity index (χ1v) is 15.4. The summed E-state index contributed by atoms with van der Waals surface area (Å²) in [5, 5.41) is 9.74. The second-order valence-corrected chi connectivity index (χ2v) is 14.2. The number of sulfonamides is 1. The second-order valence-electron chi connectivity index (χ2n) is 10.3. The number of halogens is 1. The maximum absolute atomic E-state index is 13.0. The van der Waals surface area contributed by atoms with E-state index in [0.29, 0.717) is 42.4 Å². The van der Waals surface area contributed by atoms with E-state index in [1.165, 1.54) is 26.7 Å². The lowest BCUT2D eigenvalue weighted by Crippen LogP contribution is -2.47. The SMILES string of the molecule is O=C(NC1CCN(Cc2ccc3ccccc3c2)C1)C1=NOC2(CCN(S(=O)(=O)c3ccc(Cl)s3)CC2)C1. The Hall–Kier alpha value is -2.50. The fourth-order valence-corrected chi connectivity index (χ4v) is 8.65. The maximum atomic E-state index is 13.0. The van der Waals surface area contributed by atoms with E-state index in [1.807, 2.05) is 6.07 Å². The van der Waals surface area contributed by atoms with Gasteiger partial charge in [-0.25, -0.2) is 8.42 Å². The van der Waals surface area contributed by atoms with Gasteiger partial charge in [-0.15, -0.1) is 11.3 Å². The van der Waals surface area contributed by atoms with Crippen LogP contribution in [0.2, 0.25) is 4.34 Å². The second kappa shape index (κ2) is 10.2. The molecule has 4 heterocycles. The maximum Gasteiger partial charge on any atom is 0.269 e. The molecule has 1 aromatic heterocycles. The molecule has 2 saturated heterocycles. The van der Waals surface area contributed by atoms with Crippen LogP contribution in [0, 0.1) is 0 Å². The first-order chi connectivity index (χ1) is 18.3. The van der Waals surface area contributed by atoms with Gasteiger partial charge in [-0.2, -0.15) is 4.31 Å². The summed E-state index contributed by atoms with van der Waals surface area (Å²) in [7, 11) is -3.58. The monoisotopic (exact) mass is 572 g/mol. The number of piperidine rings is 1. The molecule has 38 heavy (non-hydrogen) atoms. The minimum atomic E-state index is -3.58. The van der Waals surface area contributed by atoms with Crippen molar-refractivity contribution in [2.45, 2.75) is 48.1 Å². The number of amides is 1. The van der Waals surface area contributed by atoms with Gasteiger partial charge in [0.1, 0.15) is 15.5 Å². The van der Waals surface area contributed by atoms with Crippen molar-refractivity contribution in [3.8, 4) is 0 Å². The van der Waals surface area contributed by atoms with Crippen LogP contribution < -0.4 is 5.32 Å². The van der Waals surface area contributed by atoms with Gasteiger partial charge in [0.05, 0.1) is 4.34 Å². The molecule has 0 radical (unpaired) electrons. The molecule has 1 amide bonds. The van der Waals surface area contributed by atoms with Gasteiger partial charge in [0.2, 0.25) is 0 Å². The Labute approximate surface area is 231 Å². The van der Waals surface area contributed by atoms with Gasteiger partial charge in [0, 0.05) is 58.0 Å². The molecule has 0 saturated carbocycles. The van der Waals surface area contributed by atoms with Crippen molar-refractivity contribution < 1.29 is 18.0 Å². The molecule has 3 aromatic rings. The molecule has 1 N–H and O–H groups in total.